The molecule has 1 atom stereocenters. The number of nitrogens with zero attached hydrogens (tertiary/aromatic N) is 1. The topological polar surface area (TPSA) is 146 Å². The SMILES string of the molecule is C/C(=C\c1ccc(N(C)C)cc1NC(=O)OC(C)(C)C)C(=O)NCCCCC(NC(=O)OCC1c2ccccc2-c2ccccc21)C(=O)O. The van der Waals surface area contributed by atoms with E-state index in [0.717, 1.165) is 27.9 Å². The molecule has 1 aliphatic carbocycles. The van der Waals surface area contributed by atoms with E-state index < -0.39 is 29.8 Å². The number of carboxylic acid groups (broad SMARTS) is 1. The van der Waals surface area contributed by atoms with E-state index in [1.807, 2.05) is 79.7 Å². The Morgan fingerprint density at radius 3 is 2.14 bits per heavy atom. The van der Waals surface area contributed by atoms with Crippen LogP contribution in [0.4, 0.5) is 21.0 Å². The van der Waals surface area contributed by atoms with Gasteiger partial charge in [0.1, 0.15) is 18.2 Å². The van der Waals surface area contributed by atoms with Crippen LogP contribution in [0.25, 0.3) is 17.2 Å². The van der Waals surface area contributed by atoms with Crippen LogP contribution in [0, 0.1) is 0 Å². The quantitative estimate of drug-likeness (QED) is 0.115. The number of aliphatic carboxylic acids is 1. The van der Waals surface area contributed by atoms with Crippen molar-refractivity contribution in [2.45, 2.75) is 64.5 Å². The fourth-order valence-corrected chi connectivity index (χ4v) is 5.62. The Bertz CT molecular complexity index is 1660. The molecule has 0 aromatic heterocycles. The molecule has 0 spiro atoms. The molecule has 1 aliphatic rings. The molecular weight excluding hydrogens is 624 g/mol. The highest BCUT2D eigenvalue weighted by atomic mass is 16.6. The number of benzene rings is 3. The average molecular weight is 671 g/mol. The lowest BCUT2D eigenvalue weighted by atomic mass is 9.98. The molecule has 11 nitrogen and oxygen atoms in total. The lowest BCUT2D eigenvalue weighted by Crippen LogP contribution is -2.41. The minimum absolute atomic E-state index is 0.0868. The summed E-state index contributed by atoms with van der Waals surface area (Å²) >= 11 is 0. The first kappa shape index (κ1) is 36.5. The van der Waals surface area contributed by atoms with Crippen molar-refractivity contribution >= 4 is 41.5 Å². The Morgan fingerprint density at radius 1 is 0.918 bits per heavy atom. The highest BCUT2D eigenvalue weighted by molar-refractivity contribution is 5.99. The summed E-state index contributed by atoms with van der Waals surface area (Å²) < 4.78 is 10.9. The monoisotopic (exact) mass is 670 g/mol. The lowest BCUT2D eigenvalue weighted by molar-refractivity contribution is -0.139. The molecule has 4 rings (SSSR count). The van der Waals surface area contributed by atoms with Crippen molar-refractivity contribution in [2.75, 3.05) is 37.5 Å². The van der Waals surface area contributed by atoms with Crippen LogP contribution in [0.1, 0.15) is 69.6 Å². The number of unbranched alkanes of at least 4 members (excludes halogenated alkanes) is 1. The van der Waals surface area contributed by atoms with Gasteiger partial charge in [0.25, 0.3) is 0 Å². The second-order valence-corrected chi connectivity index (χ2v) is 13.2. The standard InChI is InChI=1S/C38H46N4O7/c1-24(21-25-18-19-26(42(5)6)22-33(25)41-37(47)49-38(2,3)4)34(43)39-20-12-11-17-32(35(44)45)40-36(46)48-23-31-29-15-9-7-13-27(29)28-14-8-10-16-30(28)31/h7-10,13-16,18-19,21-22,31-32H,11-12,17,20,23H2,1-6H3,(H,39,43)(H,40,46)(H,41,47)(H,44,45)/b24-21+. The van der Waals surface area contributed by atoms with Gasteiger partial charge in [0.15, 0.2) is 0 Å². The summed E-state index contributed by atoms with van der Waals surface area (Å²) in [6.45, 7) is 7.40. The number of carbonyl (C=O) groups excluding carboxylic acids is 3. The van der Waals surface area contributed by atoms with Crippen LogP contribution in [-0.2, 0) is 19.1 Å². The van der Waals surface area contributed by atoms with Crippen LogP contribution >= 0.6 is 0 Å². The zero-order chi connectivity index (χ0) is 35.7. The van der Waals surface area contributed by atoms with Crippen LogP contribution in [0.5, 0.6) is 0 Å². The van der Waals surface area contributed by atoms with Crippen LogP contribution < -0.4 is 20.9 Å². The third-order valence-electron chi connectivity index (χ3n) is 8.06. The number of fused-ring (bicyclic) bond motifs is 3. The highest BCUT2D eigenvalue weighted by Gasteiger charge is 2.30. The van der Waals surface area contributed by atoms with E-state index >= 15 is 0 Å². The Kier molecular flexibility index (Phi) is 12.1. The number of anilines is 2. The van der Waals surface area contributed by atoms with Crippen molar-refractivity contribution in [3.8, 4) is 11.1 Å². The Balaban J connectivity index is 1.25. The molecule has 49 heavy (non-hydrogen) atoms. The predicted octanol–water partition coefficient (Wildman–Crippen LogP) is 6.78. The van der Waals surface area contributed by atoms with Crippen molar-refractivity contribution in [1.82, 2.24) is 10.6 Å². The Morgan fingerprint density at radius 2 is 1.55 bits per heavy atom. The van der Waals surface area contributed by atoms with Gasteiger partial charge in [-0.05, 0) is 93.0 Å². The summed E-state index contributed by atoms with van der Waals surface area (Å²) in [6, 6.07) is 20.3. The van der Waals surface area contributed by atoms with Gasteiger partial charge in [0.05, 0.1) is 5.69 Å². The fraction of sp³-hybridized carbons (Fsp3) is 0.368. The maximum Gasteiger partial charge on any atom is 0.412 e. The zero-order valence-corrected chi connectivity index (χ0v) is 29.0. The number of carbonyl (C=O) groups is 4. The summed E-state index contributed by atoms with van der Waals surface area (Å²) in [5, 5.41) is 17.8. The normalized spacial score (nSPS) is 13.1. The minimum atomic E-state index is -1.16. The van der Waals surface area contributed by atoms with Gasteiger partial charge in [-0.15, -0.1) is 0 Å². The van der Waals surface area contributed by atoms with Gasteiger partial charge < -0.3 is 30.1 Å². The van der Waals surface area contributed by atoms with E-state index in [4.69, 9.17) is 9.47 Å². The maximum atomic E-state index is 12.9. The number of hydrogen-bond donors (Lipinski definition) is 4. The Labute approximate surface area is 287 Å². The smallest absolute Gasteiger partial charge is 0.412 e. The fourth-order valence-electron chi connectivity index (χ4n) is 5.62. The lowest BCUT2D eigenvalue weighted by Gasteiger charge is -2.21. The van der Waals surface area contributed by atoms with Gasteiger partial charge >= 0.3 is 18.2 Å². The molecular formula is C38H46N4O7. The first-order valence-corrected chi connectivity index (χ1v) is 16.4. The van der Waals surface area contributed by atoms with Crippen molar-refractivity contribution in [3.63, 3.8) is 0 Å². The van der Waals surface area contributed by atoms with E-state index in [1.54, 1.807) is 39.8 Å². The van der Waals surface area contributed by atoms with E-state index in [9.17, 15) is 24.3 Å². The number of rotatable bonds is 13. The molecule has 3 aromatic carbocycles. The molecule has 0 aliphatic heterocycles. The molecule has 0 saturated heterocycles. The van der Waals surface area contributed by atoms with Gasteiger partial charge in [-0.3, -0.25) is 10.1 Å². The van der Waals surface area contributed by atoms with Crippen LogP contribution in [0.2, 0.25) is 0 Å². The molecule has 4 N–H and O–H groups in total. The van der Waals surface area contributed by atoms with Gasteiger partial charge in [-0.1, -0.05) is 54.6 Å². The van der Waals surface area contributed by atoms with E-state index in [2.05, 4.69) is 16.0 Å². The molecule has 3 aromatic rings. The molecule has 0 saturated carbocycles. The molecule has 1 unspecified atom stereocenters. The molecule has 11 heteroatoms. The van der Waals surface area contributed by atoms with Crippen molar-refractivity contribution in [3.05, 3.63) is 89.0 Å². The highest BCUT2D eigenvalue weighted by Crippen LogP contribution is 2.44. The number of ether oxygens (including phenoxy) is 2. The summed E-state index contributed by atoms with van der Waals surface area (Å²) in [6.07, 6.45) is 1.40. The summed E-state index contributed by atoms with van der Waals surface area (Å²) in [7, 11) is 3.77. The van der Waals surface area contributed by atoms with Crippen molar-refractivity contribution in [2.24, 2.45) is 0 Å². The summed E-state index contributed by atoms with van der Waals surface area (Å²) in [4.78, 5) is 51.8. The molecule has 0 heterocycles. The molecule has 3 amide bonds. The molecule has 260 valence electrons. The second-order valence-electron chi connectivity index (χ2n) is 13.2. The van der Waals surface area contributed by atoms with Gasteiger partial charge in [-0.2, -0.15) is 0 Å². The maximum absolute atomic E-state index is 12.9. The minimum Gasteiger partial charge on any atom is -0.480 e. The van der Waals surface area contributed by atoms with Gasteiger partial charge in [0.2, 0.25) is 5.91 Å². The number of nitrogens with one attached hydrogen (secondary N) is 3. The number of alkyl carbamates (subject to hydrolysis) is 1. The van der Waals surface area contributed by atoms with Crippen LogP contribution in [-0.4, -0.2) is 68.1 Å². The zero-order valence-electron chi connectivity index (χ0n) is 29.0. The first-order valence-electron chi connectivity index (χ1n) is 16.4. The second kappa shape index (κ2) is 16.2. The van der Waals surface area contributed by atoms with Crippen molar-refractivity contribution in [1.29, 1.82) is 0 Å². The predicted molar refractivity (Wildman–Crippen MR) is 191 cm³/mol. The molecule has 0 bridgehead atoms. The largest absolute Gasteiger partial charge is 0.480 e. The summed E-state index contributed by atoms with van der Waals surface area (Å²) in [5.41, 5.74) is 6.08. The van der Waals surface area contributed by atoms with Gasteiger partial charge in [0, 0.05) is 37.8 Å². The van der Waals surface area contributed by atoms with Crippen LogP contribution in [0.15, 0.2) is 72.3 Å². The van der Waals surface area contributed by atoms with Crippen LogP contribution in [0.3, 0.4) is 0 Å². The third-order valence-corrected chi connectivity index (χ3v) is 8.06. The number of hydrogen-bond acceptors (Lipinski definition) is 7. The first-order chi connectivity index (χ1) is 23.2. The van der Waals surface area contributed by atoms with E-state index in [0.29, 0.717) is 36.2 Å². The van der Waals surface area contributed by atoms with Crippen molar-refractivity contribution < 1.29 is 33.8 Å². The van der Waals surface area contributed by atoms with E-state index in [1.165, 1.54) is 0 Å². The summed E-state index contributed by atoms with van der Waals surface area (Å²) in [5.74, 6) is -1.59. The van der Waals surface area contributed by atoms with E-state index in [-0.39, 0.29) is 24.9 Å². The number of amides is 3. The Hall–Kier alpha value is -5.32. The molecule has 0 fully saturated rings. The average Bonchev–Trinajstić information content (AvgIpc) is 3.36. The molecule has 0 radical (unpaired) electrons. The number of carboxylic acids is 1. The van der Waals surface area contributed by atoms with Gasteiger partial charge in [-0.25, -0.2) is 14.4 Å². The third kappa shape index (κ3) is 10.1.